The molecule has 1 aliphatic heterocycles. The van der Waals surface area contributed by atoms with Gasteiger partial charge in [-0.3, -0.25) is 10.2 Å². The highest BCUT2D eigenvalue weighted by Gasteiger charge is 2.30. The minimum Gasteiger partial charge on any atom is -0.497 e. The van der Waals surface area contributed by atoms with Crippen molar-refractivity contribution in [3.8, 4) is 17.6 Å². The SMILES string of the molecule is COc1cc(C#N)cc(OCC2CCC(C(=O)NN)O2)c1. The molecule has 0 aliphatic carbocycles. The third kappa shape index (κ3) is 3.84. The molecule has 0 radical (unpaired) electrons. The van der Waals surface area contributed by atoms with E-state index in [1.165, 1.54) is 7.11 Å². The molecule has 1 fully saturated rings. The minimum atomic E-state index is -0.524. The predicted octanol–water partition coefficient (Wildman–Crippen LogP) is 0.483. The van der Waals surface area contributed by atoms with Crippen molar-refractivity contribution < 1.29 is 19.0 Å². The Labute approximate surface area is 122 Å². The molecular weight excluding hydrogens is 274 g/mol. The molecule has 112 valence electrons. The summed E-state index contributed by atoms with van der Waals surface area (Å²) in [6.07, 6.45) is 0.624. The predicted molar refractivity (Wildman–Crippen MR) is 73.4 cm³/mol. The smallest absolute Gasteiger partial charge is 0.263 e. The molecule has 0 bridgehead atoms. The van der Waals surface area contributed by atoms with Crippen LogP contribution in [0.1, 0.15) is 18.4 Å². The summed E-state index contributed by atoms with van der Waals surface area (Å²) in [5.41, 5.74) is 2.53. The summed E-state index contributed by atoms with van der Waals surface area (Å²) in [6, 6.07) is 6.99. The van der Waals surface area contributed by atoms with E-state index in [-0.39, 0.29) is 12.0 Å². The number of benzene rings is 1. The first-order chi connectivity index (χ1) is 10.2. The molecular formula is C14H17N3O4. The lowest BCUT2D eigenvalue weighted by Gasteiger charge is -2.14. The third-order valence-electron chi connectivity index (χ3n) is 3.22. The summed E-state index contributed by atoms with van der Waals surface area (Å²) >= 11 is 0. The summed E-state index contributed by atoms with van der Waals surface area (Å²) in [6.45, 7) is 0.298. The highest BCUT2D eigenvalue weighted by Crippen LogP contribution is 2.25. The van der Waals surface area contributed by atoms with Gasteiger partial charge in [-0.1, -0.05) is 0 Å². The van der Waals surface area contributed by atoms with Crippen molar-refractivity contribution in [2.75, 3.05) is 13.7 Å². The van der Waals surface area contributed by atoms with Crippen molar-refractivity contribution in [2.24, 2.45) is 5.84 Å². The van der Waals surface area contributed by atoms with Crippen LogP contribution in [-0.2, 0) is 9.53 Å². The summed E-state index contributed by atoms with van der Waals surface area (Å²) in [7, 11) is 1.52. The van der Waals surface area contributed by atoms with Gasteiger partial charge in [0.05, 0.1) is 24.8 Å². The highest BCUT2D eigenvalue weighted by atomic mass is 16.5. The quantitative estimate of drug-likeness (QED) is 0.464. The number of ether oxygens (including phenoxy) is 3. The Balaban J connectivity index is 1.92. The van der Waals surface area contributed by atoms with Gasteiger partial charge in [-0.05, 0) is 25.0 Å². The fourth-order valence-corrected chi connectivity index (χ4v) is 2.14. The molecule has 1 aromatic rings. The number of nitriles is 1. The molecule has 2 atom stereocenters. The fraction of sp³-hybridized carbons (Fsp3) is 0.429. The molecule has 1 saturated heterocycles. The zero-order valence-corrected chi connectivity index (χ0v) is 11.7. The van der Waals surface area contributed by atoms with Crippen LogP contribution >= 0.6 is 0 Å². The number of rotatable bonds is 5. The van der Waals surface area contributed by atoms with Crippen molar-refractivity contribution in [1.82, 2.24) is 5.43 Å². The number of carbonyl (C=O) groups is 1. The summed E-state index contributed by atoms with van der Waals surface area (Å²) in [5, 5.41) is 8.94. The van der Waals surface area contributed by atoms with Gasteiger partial charge in [-0.2, -0.15) is 5.26 Å². The van der Waals surface area contributed by atoms with Crippen molar-refractivity contribution in [1.29, 1.82) is 5.26 Å². The number of hydrazine groups is 1. The second-order valence-corrected chi connectivity index (χ2v) is 4.65. The van der Waals surface area contributed by atoms with E-state index < -0.39 is 6.10 Å². The monoisotopic (exact) mass is 291 g/mol. The largest absolute Gasteiger partial charge is 0.497 e. The zero-order valence-electron chi connectivity index (χ0n) is 11.7. The number of nitrogens with one attached hydrogen (secondary N) is 1. The number of carbonyl (C=O) groups excluding carboxylic acids is 1. The van der Waals surface area contributed by atoms with Crippen LogP contribution in [0.25, 0.3) is 0 Å². The highest BCUT2D eigenvalue weighted by molar-refractivity contribution is 5.80. The Morgan fingerprint density at radius 3 is 2.90 bits per heavy atom. The van der Waals surface area contributed by atoms with E-state index in [0.29, 0.717) is 36.5 Å². The number of hydrogen-bond acceptors (Lipinski definition) is 6. The van der Waals surface area contributed by atoms with Gasteiger partial charge in [0.2, 0.25) is 0 Å². The maximum atomic E-state index is 11.3. The van der Waals surface area contributed by atoms with E-state index in [0.717, 1.165) is 0 Å². The molecule has 1 amide bonds. The summed E-state index contributed by atoms with van der Waals surface area (Å²) < 4.78 is 16.3. The molecule has 2 unspecified atom stereocenters. The summed E-state index contributed by atoms with van der Waals surface area (Å²) in [4.78, 5) is 11.3. The van der Waals surface area contributed by atoms with Gasteiger partial charge in [0.15, 0.2) is 0 Å². The summed E-state index contributed by atoms with van der Waals surface area (Å²) in [5.74, 6) is 5.82. The van der Waals surface area contributed by atoms with Gasteiger partial charge in [-0.15, -0.1) is 0 Å². The van der Waals surface area contributed by atoms with Crippen LogP contribution in [0.5, 0.6) is 11.5 Å². The number of amides is 1. The average molecular weight is 291 g/mol. The van der Waals surface area contributed by atoms with Crippen molar-refractivity contribution in [2.45, 2.75) is 25.0 Å². The number of hydrogen-bond donors (Lipinski definition) is 2. The lowest BCUT2D eigenvalue weighted by molar-refractivity contribution is -0.132. The first-order valence-corrected chi connectivity index (χ1v) is 6.54. The Kier molecular flexibility index (Phi) is 4.98. The first kappa shape index (κ1) is 15.1. The van der Waals surface area contributed by atoms with Gasteiger partial charge >= 0.3 is 0 Å². The molecule has 7 heteroatoms. The number of nitrogens with zero attached hydrogens (tertiary/aromatic N) is 1. The zero-order chi connectivity index (χ0) is 15.2. The Bertz CT molecular complexity index is 556. The fourth-order valence-electron chi connectivity index (χ4n) is 2.14. The van der Waals surface area contributed by atoms with E-state index in [4.69, 9.17) is 25.3 Å². The van der Waals surface area contributed by atoms with Crippen LogP contribution in [0.4, 0.5) is 0 Å². The Morgan fingerprint density at radius 1 is 1.48 bits per heavy atom. The van der Waals surface area contributed by atoms with Crippen LogP contribution in [0.15, 0.2) is 18.2 Å². The number of methoxy groups -OCH3 is 1. The van der Waals surface area contributed by atoms with Crippen molar-refractivity contribution >= 4 is 5.91 Å². The average Bonchev–Trinajstić information content (AvgIpc) is 3.00. The maximum Gasteiger partial charge on any atom is 0.263 e. The molecule has 21 heavy (non-hydrogen) atoms. The van der Waals surface area contributed by atoms with Crippen LogP contribution in [0, 0.1) is 11.3 Å². The normalized spacial score (nSPS) is 20.6. The molecule has 0 aromatic heterocycles. The van der Waals surface area contributed by atoms with Crippen LogP contribution in [0.2, 0.25) is 0 Å². The van der Waals surface area contributed by atoms with Crippen LogP contribution < -0.4 is 20.7 Å². The van der Waals surface area contributed by atoms with Crippen molar-refractivity contribution in [3.63, 3.8) is 0 Å². The van der Waals surface area contributed by atoms with Gasteiger partial charge in [0.1, 0.15) is 24.2 Å². The van der Waals surface area contributed by atoms with Gasteiger partial charge in [0, 0.05) is 6.07 Å². The minimum absolute atomic E-state index is 0.177. The second-order valence-electron chi connectivity index (χ2n) is 4.65. The van der Waals surface area contributed by atoms with E-state index in [2.05, 4.69) is 5.43 Å². The van der Waals surface area contributed by atoms with E-state index >= 15 is 0 Å². The maximum absolute atomic E-state index is 11.3. The molecule has 7 nitrogen and oxygen atoms in total. The molecule has 2 rings (SSSR count). The molecule has 0 saturated carbocycles. The standard InChI is InChI=1S/C14H17N3O4/c1-19-11-4-9(7-15)5-12(6-11)20-8-10-2-3-13(21-10)14(18)17-16/h4-6,10,13H,2-3,8,16H2,1H3,(H,17,18). The Hall–Kier alpha value is -2.30. The third-order valence-corrected chi connectivity index (χ3v) is 3.22. The molecule has 1 aliphatic rings. The van der Waals surface area contributed by atoms with E-state index in [1.807, 2.05) is 6.07 Å². The van der Waals surface area contributed by atoms with Gasteiger partial charge in [-0.25, -0.2) is 5.84 Å². The molecule has 0 spiro atoms. The van der Waals surface area contributed by atoms with Crippen LogP contribution in [0.3, 0.4) is 0 Å². The van der Waals surface area contributed by atoms with E-state index in [9.17, 15) is 4.79 Å². The lowest BCUT2D eigenvalue weighted by atomic mass is 10.2. The Morgan fingerprint density at radius 2 is 2.24 bits per heavy atom. The molecule has 3 N–H and O–H groups in total. The lowest BCUT2D eigenvalue weighted by Crippen LogP contribution is -2.39. The topological polar surface area (TPSA) is 107 Å². The van der Waals surface area contributed by atoms with Gasteiger partial charge < -0.3 is 14.2 Å². The first-order valence-electron chi connectivity index (χ1n) is 6.54. The van der Waals surface area contributed by atoms with E-state index in [1.54, 1.807) is 18.2 Å². The molecule has 1 heterocycles. The van der Waals surface area contributed by atoms with Gasteiger partial charge in [0.25, 0.3) is 5.91 Å². The van der Waals surface area contributed by atoms with Crippen LogP contribution in [-0.4, -0.2) is 31.8 Å². The number of nitrogens with two attached hydrogens (primary N) is 1. The second kappa shape index (κ2) is 6.92. The molecule has 1 aromatic carbocycles. The van der Waals surface area contributed by atoms with Crippen molar-refractivity contribution in [3.05, 3.63) is 23.8 Å².